The van der Waals surface area contributed by atoms with Crippen LogP contribution in [0.3, 0.4) is 0 Å². The summed E-state index contributed by atoms with van der Waals surface area (Å²) in [6.45, 7) is 0. The lowest BCUT2D eigenvalue weighted by Gasteiger charge is -2.62. The van der Waals surface area contributed by atoms with E-state index in [1.165, 1.54) is 24.0 Å². The summed E-state index contributed by atoms with van der Waals surface area (Å²) in [5.41, 5.74) is 10.5. The maximum absolute atomic E-state index is 13.9. The van der Waals surface area contributed by atoms with Crippen molar-refractivity contribution in [2.45, 2.75) is 81.7 Å². The van der Waals surface area contributed by atoms with Crippen molar-refractivity contribution in [1.29, 1.82) is 0 Å². The zero-order chi connectivity index (χ0) is 23.2. The molecule has 1 amide bonds. The van der Waals surface area contributed by atoms with Crippen molar-refractivity contribution in [3.8, 4) is 0 Å². The average Bonchev–Trinajstić information content (AvgIpc) is 2.86. The van der Waals surface area contributed by atoms with Crippen LogP contribution in [0.2, 0.25) is 0 Å². The Kier molecular flexibility index (Phi) is 5.64. The molecule has 178 valence electrons. The molecular formula is C31H38N2O. The summed E-state index contributed by atoms with van der Waals surface area (Å²) in [5, 5.41) is 3.52. The lowest BCUT2D eigenvalue weighted by molar-refractivity contribution is -0.145. The van der Waals surface area contributed by atoms with Gasteiger partial charge in [-0.05, 0) is 92.6 Å². The molecule has 5 aliphatic rings. The van der Waals surface area contributed by atoms with Gasteiger partial charge in [0.15, 0.2) is 0 Å². The minimum atomic E-state index is -0.217. The Morgan fingerprint density at radius 3 is 2.15 bits per heavy atom. The molecule has 3 heteroatoms. The number of nitrogens with two attached hydrogens (primary N) is 1. The van der Waals surface area contributed by atoms with Crippen LogP contribution in [-0.4, -0.2) is 18.0 Å². The van der Waals surface area contributed by atoms with Crippen molar-refractivity contribution < 1.29 is 4.79 Å². The second kappa shape index (κ2) is 8.68. The topological polar surface area (TPSA) is 55.1 Å². The van der Waals surface area contributed by atoms with Crippen molar-refractivity contribution in [2.24, 2.45) is 23.0 Å². The average molecular weight is 455 g/mol. The Labute approximate surface area is 204 Å². The third-order valence-corrected chi connectivity index (χ3v) is 9.56. The van der Waals surface area contributed by atoms with Crippen LogP contribution < -0.4 is 11.1 Å². The Morgan fingerprint density at radius 2 is 1.50 bits per heavy atom. The van der Waals surface area contributed by atoms with E-state index in [-0.39, 0.29) is 10.8 Å². The Hall–Kier alpha value is -2.39. The lowest BCUT2D eigenvalue weighted by atomic mass is 9.41. The van der Waals surface area contributed by atoms with Crippen LogP contribution in [-0.2, 0) is 16.6 Å². The van der Waals surface area contributed by atoms with E-state index in [0.29, 0.717) is 29.8 Å². The van der Waals surface area contributed by atoms with Crippen LogP contribution in [0.5, 0.6) is 0 Å². The summed E-state index contributed by atoms with van der Waals surface area (Å²) < 4.78 is 0. The molecule has 5 aliphatic carbocycles. The molecular weight excluding hydrogens is 416 g/mol. The predicted octanol–water partition coefficient (Wildman–Crippen LogP) is 5.69. The first-order valence-corrected chi connectivity index (χ1v) is 13.4. The van der Waals surface area contributed by atoms with Crippen molar-refractivity contribution in [3.05, 3.63) is 83.4 Å². The van der Waals surface area contributed by atoms with Crippen molar-refractivity contribution >= 4 is 5.91 Å². The molecule has 3 nitrogen and oxygen atoms in total. The zero-order valence-corrected chi connectivity index (χ0v) is 20.2. The van der Waals surface area contributed by atoms with Crippen LogP contribution in [0.15, 0.2) is 72.3 Å². The summed E-state index contributed by atoms with van der Waals surface area (Å²) >= 11 is 0. The largest absolute Gasteiger partial charge is 0.353 e. The molecule has 4 bridgehead atoms. The van der Waals surface area contributed by atoms with Gasteiger partial charge in [-0.25, -0.2) is 0 Å². The summed E-state index contributed by atoms with van der Waals surface area (Å²) in [4.78, 5) is 13.9. The third-order valence-electron chi connectivity index (χ3n) is 9.56. The van der Waals surface area contributed by atoms with Crippen molar-refractivity contribution in [2.75, 3.05) is 0 Å². The van der Waals surface area contributed by atoms with Gasteiger partial charge in [0.2, 0.25) is 5.91 Å². The van der Waals surface area contributed by atoms with E-state index in [9.17, 15) is 4.79 Å². The number of carbonyl (C=O) groups excluding carboxylic acids is 1. The fourth-order valence-electron chi connectivity index (χ4n) is 8.12. The molecule has 0 aliphatic heterocycles. The van der Waals surface area contributed by atoms with E-state index >= 15 is 0 Å². The second-order valence-electron chi connectivity index (χ2n) is 11.8. The molecule has 0 spiro atoms. The highest BCUT2D eigenvalue weighted by Gasteiger charge is 2.62. The molecule has 0 aromatic heterocycles. The standard InChI is InChI=1S/C31H38N2O/c32-26-12-14-27(15-13-26)33-29(34)31-19-23-17-30(21-31,25-9-5-2-6-10-25)18-24(20-31)28(23)16-11-22-7-3-1-4-8-22/h1-10,16,23-24,26-27H,11-15,17-21,32H2,(H,33,34). The first-order chi connectivity index (χ1) is 16.6. The maximum atomic E-state index is 13.9. The fraction of sp³-hybridized carbons (Fsp3) is 0.516. The predicted molar refractivity (Wildman–Crippen MR) is 137 cm³/mol. The van der Waals surface area contributed by atoms with Gasteiger partial charge in [0.25, 0.3) is 0 Å². The van der Waals surface area contributed by atoms with Gasteiger partial charge in [0.1, 0.15) is 0 Å². The highest BCUT2D eigenvalue weighted by Crippen LogP contribution is 2.67. The molecule has 2 aromatic carbocycles. The lowest BCUT2D eigenvalue weighted by Crippen LogP contribution is -2.61. The molecule has 5 fully saturated rings. The molecule has 2 aromatic rings. The highest BCUT2D eigenvalue weighted by molar-refractivity contribution is 5.84. The van der Waals surface area contributed by atoms with Crippen LogP contribution in [0.1, 0.15) is 68.9 Å². The van der Waals surface area contributed by atoms with Crippen LogP contribution in [0.4, 0.5) is 0 Å². The first-order valence-electron chi connectivity index (χ1n) is 13.4. The Morgan fingerprint density at radius 1 is 0.882 bits per heavy atom. The minimum Gasteiger partial charge on any atom is -0.353 e. The number of hydrogen-bond acceptors (Lipinski definition) is 2. The Balaban J connectivity index is 1.29. The van der Waals surface area contributed by atoms with Gasteiger partial charge in [-0.15, -0.1) is 0 Å². The van der Waals surface area contributed by atoms with Gasteiger partial charge >= 0.3 is 0 Å². The SMILES string of the molecule is NC1CCC(NC(=O)C23CC4CC(c5ccccc5)(CC(C2)C4=CCc2ccccc2)C3)CC1. The number of amides is 1. The number of hydrogen-bond donors (Lipinski definition) is 2. The van der Waals surface area contributed by atoms with Gasteiger partial charge in [0, 0.05) is 12.1 Å². The summed E-state index contributed by atoms with van der Waals surface area (Å²) in [6, 6.07) is 22.5. The van der Waals surface area contributed by atoms with E-state index in [0.717, 1.165) is 51.4 Å². The first kappa shape index (κ1) is 22.1. The van der Waals surface area contributed by atoms with Crippen LogP contribution in [0, 0.1) is 17.3 Å². The van der Waals surface area contributed by atoms with Gasteiger partial charge < -0.3 is 11.1 Å². The van der Waals surface area contributed by atoms with Crippen LogP contribution >= 0.6 is 0 Å². The Bertz CT molecular complexity index is 1030. The molecule has 7 rings (SSSR count). The number of nitrogens with one attached hydrogen (secondary N) is 1. The number of allylic oxidation sites excluding steroid dienone is 2. The molecule has 34 heavy (non-hydrogen) atoms. The monoisotopic (exact) mass is 454 g/mol. The van der Waals surface area contributed by atoms with E-state index in [1.54, 1.807) is 5.57 Å². The zero-order valence-electron chi connectivity index (χ0n) is 20.2. The number of rotatable bonds is 5. The number of benzene rings is 2. The molecule has 2 atom stereocenters. The number of carbonyl (C=O) groups is 1. The van der Waals surface area contributed by atoms with E-state index in [2.05, 4.69) is 72.1 Å². The van der Waals surface area contributed by atoms with Gasteiger partial charge in [0.05, 0.1) is 5.41 Å². The van der Waals surface area contributed by atoms with E-state index in [4.69, 9.17) is 5.73 Å². The molecule has 3 N–H and O–H groups in total. The normalized spacial score (nSPS) is 36.3. The van der Waals surface area contributed by atoms with Crippen molar-refractivity contribution in [3.63, 3.8) is 0 Å². The summed E-state index contributed by atoms with van der Waals surface area (Å²) in [7, 11) is 0. The quantitative estimate of drug-likeness (QED) is 0.570. The van der Waals surface area contributed by atoms with E-state index < -0.39 is 0 Å². The third kappa shape index (κ3) is 3.92. The van der Waals surface area contributed by atoms with E-state index in [1.807, 2.05) is 0 Å². The fourth-order valence-corrected chi connectivity index (χ4v) is 8.12. The molecule has 0 radical (unpaired) electrons. The molecule has 0 heterocycles. The summed E-state index contributed by atoms with van der Waals surface area (Å²) in [5.74, 6) is 1.39. The molecule has 5 saturated carbocycles. The molecule has 0 saturated heterocycles. The summed E-state index contributed by atoms with van der Waals surface area (Å²) in [6.07, 6.45) is 13.1. The van der Waals surface area contributed by atoms with Gasteiger partial charge in [-0.3, -0.25) is 4.79 Å². The maximum Gasteiger partial charge on any atom is 0.226 e. The van der Waals surface area contributed by atoms with Gasteiger partial charge in [-0.2, -0.15) is 0 Å². The second-order valence-corrected chi connectivity index (χ2v) is 11.8. The highest BCUT2D eigenvalue weighted by atomic mass is 16.2. The van der Waals surface area contributed by atoms with Crippen molar-refractivity contribution in [1.82, 2.24) is 5.32 Å². The minimum absolute atomic E-state index is 0.142. The van der Waals surface area contributed by atoms with Gasteiger partial charge in [-0.1, -0.05) is 72.3 Å². The molecule has 2 unspecified atom stereocenters. The van der Waals surface area contributed by atoms with Crippen LogP contribution in [0.25, 0.3) is 0 Å². The smallest absolute Gasteiger partial charge is 0.226 e.